The van der Waals surface area contributed by atoms with Gasteiger partial charge in [-0.25, -0.2) is 4.90 Å². The lowest BCUT2D eigenvalue weighted by molar-refractivity contribution is -0.384. The van der Waals surface area contributed by atoms with Crippen molar-refractivity contribution < 1.29 is 14.5 Å². The van der Waals surface area contributed by atoms with Crippen LogP contribution in [0.3, 0.4) is 0 Å². The highest BCUT2D eigenvalue weighted by molar-refractivity contribution is 6.24. The van der Waals surface area contributed by atoms with Gasteiger partial charge in [0.05, 0.1) is 16.8 Å². The number of anilines is 1. The van der Waals surface area contributed by atoms with Gasteiger partial charge in [0.2, 0.25) is 11.8 Å². The van der Waals surface area contributed by atoms with E-state index in [1.165, 1.54) is 18.2 Å². The first-order valence-electron chi connectivity index (χ1n) is 7.90. The van der Waals surface area contributed by atoms with Gasteiger partial charge in [0.25, 0.3) is 5.69 Å². The lowest BCUT2D eigenvalue weighted by Crippen LogP contribution is -2.33. The number of hydrogen-bond acceptors (Lipinski definition) is 4. The van der Waals surface area contributed by atoms with Gasteiger partial charge in [-0.05, 0) is 19.9 Å². The molecule has 1 aromatic rings. The molecule has 0 aromatic heterocycles. The van der Waals surface area contributed by atoms with E-state index < -0.39 is 16.8 Å². The minimum Gasteiger partial charge on any atom is -0.274 e. The Morgan fingerprint density at radius 1 is 1.04 bits per heavy atom. The Morgan fingerprint density at radius 3 is 2.08 bits per heavy atom. The molecule has 2 bridgehead atoms. The van der Waals surface area contributed by atoms with Gasteiger partial charge in [0, 0.05) is 17.9 Å². The van der Waals surface area contributed by atoms with Gasteiger partial charge < -0.3 is 0 Å². The van der Waals surface area contributed by atoms with E-state index in [2.05, 4.69) is 0 Å². The summed E-state index contributed by atoms with van der Waals surface area (Å²) in [5, 5.41) is 11.3. The minimum atomic E-state index is -0.557. The van der Waals surface area contributed by atoms with Crippen molar-refractivity contribution in [3.8, 4) is 0 Å². The van der Waals surface area contributed by atoms with E-state index in [0.29, 0.717) is 0 Å². The quantitative estimate of drug-likeness (QED) is 0.362. The summed E-state index contributed by atoms with van der Waals surface area (Å²) < 4.78 is 0. The number of carbonyl (C=O) groups is 2. The van der Waals surface area contributed by atoms with Crippen LogP contribution in [0.25, 0.3) is 0 Å². The second kappa shape index (κ2) is 4.87. The van der Waals surface area contributed by atoms with Crippen LogP contribution in [0.15, 0.2) is 47.6 Å². The highest BCUT2D eigenvalue weighted by atomic mass is 16.6. The smallest absolute Gasteiger partial charge is 0.274 e. The summed E-state index contributed by atoms with van der Waals surface area (Å²) in [6.45, 7) is 4.00. The topological polar surface area (TPSA) is 80.5 Å². The lowest BCUT2D eigenvalue weighted by Gasteiger charge is -2.19. The Hall–Kier alpha value is -2.76. The van der Waals surface area contributed by atoms with Gasteiger partial charge in [-0.3, -0.25) is 19.7 Å². The lowest BCUT2D eigenvalue weighted by atomic mass is 9.85. The molecule has 2 aliphatic carbocycles. The van der Waals surface area contributed by atoms with Crippen molar-refractivity contribution in [2.24, 2.45) is 23.7 Å². The first-order valence-corrected chi connectivity index (χ1v) is 7.90. The molecule has 1 heterocycles. The SMILES string of the molecule is CC(C)=C1[C@@H]2C=C[C@@H]1[C@H]1C(=O)N(c3ccccc3[N+](=O)[O-])C(=O)[C@@H]12. The Kier molecular flexibility index (Phi) is 3.00. The van der Waals surface area contributed by atoms with E-state index in [-0.39, 0.29) is 35.0 Å². The number of fused-ring (bicyclic) bond motifs is 5. The number of nitro groups is 1. The maximum atomic E-state index is 13.0. The van der Waals surface area contributed by atoms with E-state index in [1.54, 1.807) is 6.07 Å². The number of carbonyl (C=O) groups excluding carboxylic acids is 2. The van der Waals surface area contributed by atoms with Crippen molar-refractivity contribution in [1.29, 1.82) is 0 Å². The molecule has 2 fully saturated rings. The molecule has 0 unspecified atom stereocenters. The van der Waals surface area contributed by atoms with Gasteiger partial charge >= 0.3 is 0 Å². The van der Waals surface area contributed by atoms with Crippen LogP contribution in [0.4, 0.5) is 11.4 Å². The van der Waals surface area contributed by atoms with E-state index in [1.807, 2.05) is 26.0 Å². The van der Waals surface area contributed by atoms with Crippen molar-refractivity contribution in [3.05, 3.63) is 57.7 Å². The molecule has 0 radical (unpaired) electrons. The molecule has 24 heavy (non-hydrogen) atoms. The average Bonchev–Trinajstić information content (AvgIpc) is 3.17. The largest absolute Gasteiger partial charge is 0.293 e. The zero-order valence-electron chi connectivity index (χ0n) is 13.3. The van der Waals surface area contributed by atoms with Crippen molar-refractivity contribution in [1.82, 2.24) is 0 Å². The molecular weight excluding hydrogens is 308 g/mol. The minimum absolute atomic E-state index is 0.0609. The molecule has 0 N–H and O–H groups in total. The summed E-state index contributed by atoms with van der Waals surface area (Å²) in [5.74, 6) is -1.64. The molecule has 4 atom stereocenters. The highest BCUT2D eigenvalue weighted by Crippen LogP contribution is 2.57. The predicted molar refractivity (Wildman–Crippen MR) is 87.1 cm³/mol. The Bertz CT molecular complexity index is 816. The fourth-order valence-electron chi connectivity index (χ4n) is 4.47. The predicted octanol–water partition coefficient (Wildman–Crippen LogP) is 2.85. The number of allylic oxidation sites excluding steroid dienone is 4. The van der Waals surface area contributed by atoms with Gasteiger partial charge in [0.15, 0.2) is 0 Å². The van der Waals surface area contributed by atoms with Crippen LogP contribution in [0, 0.1) is 33.8 Å². The first kappa shape index (κ1) is 14.8. The van der Waals surface area contributed by atoms with Crippen molar-refractivity contribution in [2.45, 2.75) is 13.8 Å². The third-order valence-corrected chi connectivity index (χ3v) is 5.31. The third kappa shape index (κ3) is 1.71. The number of imide groups is 1. The van der Waals surface area contributed by atoms with Crippen LogP contribution in [-0.4, -0.2) is 16.7 Å². The van der Waals surface area contributed by atoms with Crippen molar-refractivity contribution in [3.63, 3.8) is 0 Å². The number of hydrogen-bond donors (Lipinski definition) is 0. The number of amides is 2. The molecule has 122 valence electrons. The number of benzene rings is 1. The van der Waals surface area contributed by atoms with E-state index in [0.717, 1.165) is 16.0 Å². The molecule has 4 rings (SSSR count). The third-order valence-electron chi connectivity index (χ3n) is 5.31. The number of nitro benzene ring substituents is 1. The number of nitrogens with zero attached hydrogens (tertiary/aromatic N) is 2. The van der Waals surface area contributed by atoms with Crippen LogP contribution in [-0.2, 0) is 9.59 Å². The van der Waals surface area contributed by atoms with E-state index >= 15 is 0 Å². The highest BCUT2D eigenvalue weighted by Gasteiger charge is 2.62. The summed E-state index contributed by atoms with van der Waals surface area (Å²) in [7, 11) is 0. The maximum absolute atomic E-state index is 13.0. The second-order valence-electron chi connectivity index (χ2n) is 6.70. The molecule has 3 aliphatic rings. The zero-order chi connectivity index (χ0) is 17.2. The van der Waals surface area contributed by atoms with Gasteiger partial charge in [-0.2, -0.15) is 0 Å². The Labute approximate surface area is 138 Å². The Balaban J connectivity index is 1.81. The van der Waals surface area contributed by atoms with Crippen LogP contribution < -0.4 is 4.90 Å². The van der Waals surface area contributed by atoms with Gasteiger partial charge in [-0.1, -0.05) is 35.4 Å². The summed E-state index contributed by atoms with van der Waals surface area (Å²) in [6, 6.07) is 5.91. The van der Waals surface area contributed by atoms with E-state index in [4.69, 9.17) is 0 Å². The molecule has 1 saturated carbocycles. The molecule has 1 aliphatic heterocycles. The average molecular weight is 324 g/mol. The molecule has 0 spiro atoms. The van der Waals surface area contributed by atoms with Crippen LogP contribution in [0.1, 0.15) is 13.8 Å². The molecule has 1 saturated heterocycles. The van der Waals surface area contributed by atoms with Crippen LogP contribution in [0.5, 0.6) is 0 Å². The van der Waals surface area contributed by atoms with Crippen molar-refractivity contribution >= 4 is 23.2 Å². The van der Waals surface area contributed by atoms with E-state index in [9.17, 15) is 19.7 Å². The second-order valence-corrected chi connectivity index (χ2v) is 6.70. The molecule has 6 nitrogen and oxygen atoms in total. The fraction of sp³-hybridized carbons (Fsp3) is 0.333. The molecule has 1 aromatic carbocycles. The summed E-state index contributed by atoms with van der Waals surface area (Å²) in [5.41, 5.74) is 2.16. The van der Waals surface area contributed by atoms with Crippen LogP contribution in [0.2, 0.25) is 0 Å². The number of para-hydroxylation sites is 2. The zero-order valence-corrected chi connectivity index (χ0v) is 13.3. The number of rotatable bonds is 2. The van der Waals surface area contributed by atoms with Gasteiger partial charge in [0.1, 0.15) is 5.69 Å². The summed E-state index contributed by atoms with van der Waals surface area (Å²) in [4.78, 5) is 37.6. The summed E-state index contributed by atoms with van der Waals surface area (Å²) >= 11 is 0. The Morgan fingerprint density at radius 2 is 1.58 bits per heavy atom. The maximum Gasteiger partial charge on any atom is 0.293 e. The normalized spacial score (nSPS) is 30.2. The standard InChI is InChI=1S/C18H16N2O4/c1-9(2)14-10-7-8-11(14)16-15(10)17(21)19(18(16)22)12-5-3-4-6-13(12)20(23)24/h3-8,10-11,15-16H,1-2H3/t10-,11-,15+,16+/m0/s1. The first-order chi connectivity index (χ1) is 11.4. The van der Waals surface area contributed by atoms with Crippen LogP contribution >= 0.6 is 0 Å². The molecule has 2 amide bonds. The van der Waals surface area contributed by atoms with Gasteiger partial charge in [-0.15, -0.1) is 0 Å². The summed E-state index contributed by atoms with van der Waals surface area (Å²) in [6.07, 6.45) is 4.00. The monoisotopic (exact) mass is 324 g/mol. The van der Waals surface area contributed by atoms with Crippen molar-refractivity contribution in [2.75, 3.05) is 4.90 Å². The molecular formula is C18H16N2O4. The fourth-order valence-corrected chi connectivity index (χ4v) is 4.47. The molecule has 6 heteroatoms.